The van der Waals surface area contributed by atoms with E-state index in [1.54, 1.807) is 0 Å². The number of pyridine rings is 1. The topological polar surface area (TPSA) is 95.2 Å². The van der Waals surface area contributed by atoms with Crippen molar-refractivity contribution in [2.75, 3.05) is 44.3 Å². The van der Waals surface area contributed by atoms with Gasteiger partial charge in [0, 0.05) is 42.2 Å². The number of H-pyrrole nitrogens is 2. The van der Waals surface area contributed by atoms with Crippen molar-refractivity contribution >= 4 is 33.3 Å². The van der Waals surface area contributed by atoms with E-state index in [1.165, 1.54) is 12.0 Å². The molecular formula is C35H35N7O2. The third kappa shape index (κ3) is 5.08. The third-order valence-electron chi connectivity index (χ3n) is 8.89. The van der Waals surface area contributed by atoms with Crippen LogP contribution in [-0.2, 0) is 4.74 Å². The first-order valence-corrected chi connectivity index (χ1v) is 15.5. The second-order valence-corrected chi connectivity index (χ2v) is 11.8. The van der Waals surface area contributed by atoms with Gasteiger partial charge in [0.15, 0.2) is 17.3 Å². The van der Waals surface area contributed by atoms with Gasteiger partial charge in [0.25, 0.3) is 0 Å². The van der Waals surface area contributed by atoms with Crippen LogP contribution >= 0.6 is 0 Å². The van der Waals surface area contributed by atoms with Crippen molar-refractivity contribution in [3.05, 3.63) is 78.8 Å². The second kappa shape index (κ2) is 11.4. The highest BCUT2D eigenvalue weighted by Gasteiger charge is 2.27. The zero-order valence-corrected chi connectivity index (χ0v) is 24.8. The molecule has 8 rings (SSSR count). The van der Waals surface area contributed by atoms with Gasteiger partial charge in [-0.2, -0.15) is 10.2 Å². The number of hydrogen-bond acceptors (Lipinski definition) is 7. The molecule has 0 radical (unpaired) electrons. The second-order valence-electron chi connectivity index (χ2n) is 11.8. The number of nitrogens with one attached hydrogen (secondary N) is 2. The minimum atomic E-state index is 0.774. The minimum absolute atomic E-state index is 0.774. The summed E-state index contributed by atoms with van der Waals surface area (Å²) >= 11 is 0. The van der Waals surface area contributed by atoms with Crippen LogP contribution in [0, 0.1) is 6.92 Å². The standard InChI is InChI=1S/C35H35N7O2/c1-23-15-32-33(19-29(23)25-6-8-31-28(17-25)22-38-40-31)44-34-18-26(24-5-7-30-27(16-24)21-37-39-30)20-36-35(34)42(32)10-4-2-3-9-41-11-13-43-14-12-41/h5-8,15-22H,2-4,9-14H2,1H3,(H,37,39)(H,38,40). The molecule has 9 heteroatoms. The molecule has 9 nitrogen and oxygen atoms in total. The summed E-state index contributed by atoms with van der Waals surface area (Å²) in [4.78, 5) is 9.86. The lowest BCUT2D eigenvalue weighted by Gasteiger charge is -2.33. The first-order chi connectivity index (χ1) is 21.7. The highest BCUT2D eigenvalue weighted by Crippen LogP contribution is 2.49. The molecule has 0 bridgehead atoms. The summed E-state index contributed by atoms with van der Waals surface area (Å²) in [7, 11) is 0. The van der Waals surface area contributed by atoms with Gasteiger partial charge in [-0.15, -0.1) is 0 Å². The van der Waals surface area contributed by atoms with E-state index in [4.69, 9.17) is 14.5 Å². The molecule has 0 aliphatic carbocycles. The minimum Gasteiger partial charge on any atom is -0.451 e. The molecule has 44 heavy (non-hydrogen) atoms. The molecule has 5 heterocycles. The number of aromatic nitrogens is 5. The van der Waals surface area contributed by atoms with Crippen molar-refractivity contribution in [2.24, 2.45) is 0 Å². The molecule has 0 unspecified atom stereocenters. The van der Waals surface area contributed by atoms with Crippen LogP contribution in [0.2, 0.25) is 0 Å². The van der Waals surface area contributed by atoms with Crippen LogP contribution in [-0.4, -0.2) is 69.7 Å². The Morgan fingerprint density at radius 1 is 0.727 bits per heavy atom. The number of ether oxygens (including phenoxy) is 2. The molecule has 0 amide bonds. The van der Waals surface area contributed by atoms with Crippen LogP contribution in [0.4, 0.5) is 11.5 Å². The van der Waals surface area contributed by atoms with Gasteiger partial charge in [0.05, 0.1) is 42.3 Å². The zero-order valence-electron chi connectivity index (χ0n) is 24.8. The number of nitrogens with zero attached hydrogens (tertiary/aromatic N) is 5. The summed E-state index contributed by atoms with van der Waals surface area (Å²) < 4.78 is 12.2. The van der Waals surface area contributed by atoms with E-state index in [0.717, 1.165) is 119 Å². The fourth-order valence-corrected chi connectivity index (χ4v) is 6.45. The molecular weight excluding hydrogens is 550 g/mol. The molecule has 2 aliphatic heterocycles. The monoisotopic (exact) mass is 585 g/mol. The van der Waals surface area contributed by atoms with Crippen LogP contribution in [0.1, 0.15) is 24.8 Å². The maximum Gasteiger partial charge on any atom is 0.176 e. The van der Waals surface area contributed by atoms with Crippen LogP contribution in [0.15, 0.2) is 73.2 Å². The van der Waals surface area contributed by atoms with Crippen molar-refractivity contribution in [1.29, 1.82) is 0 Å². The number of aryl methyl sites for hydroxylation is 1. The average Bonchev–Trinajstić information content (AvgIpc) is 3.73. The Balaban J connectivity index is 1.11. The smallest absolute Gasteiger partial charge is 0.176 e. The van der Waals surface area contributed by atoms with Crippen molar-refractivity contribution < 1.29 is 9.47 Å². The van der Waals surface area contributed by atoms with Gasteiger partial charge in [-0.3, -0.25) is 15.1 Å². The zero-order chi connectivity index (χ0) is 29.5. The van der Waals surface area contributed by atoms with E-state index in [2.05, 4.69) is 91.7 Å². The Morgan fingerprint density at radius 2 is 1.45 bits per heavy atom. The van der Waals surface area contributed by atoms with E-state index in [0.29, 0.717) is 0 Å². The number of benzene rings is 3. The summed E-state index contributed by atoms with van der Waals surface area (Å²) in [5.74, 6) is 2.49. The lowest BCUT2D eigenvalue weighted by Crippen LogP contribution is -2.36. The molecule has 1 saturated heterocycles. The summed E-state index contributed by atoms with van der Waals surface area (Å²) in [5, 5.41) is 16.6. The van der Waals surface area contributed by atoms with E-state index >= 15 is 0 Å². The third-order valence-corrected chi connectivity index (χ3v) is 8.89. The normalized spacial score (nSPS) is 15.0. The molecule has 1 fully saturated rings. The number of fused-ring (bicyclic) bond motifs is 4. The fraction of sp³-hybridized carbons (Fsp3) is 0.286. The van der Waals surface area contributed by atoms with Gasteiger partial charge in [0.1, 0.15) is 0 Å². The Morgan fingerprint density at radius 3 is 2.25 bits per heavy atom. The van der Waals surface area contributed by atoms with Gasteiger partial charge in [-0.05, 0) is 91.0 Å². The van der Waals surface area contributed by atoms with Gasteiger partial charge >= 0.3 is 0 Å². The predicted molar refractivity (Wildman–Crippen MR) is 174 cm³/mol. The molecule has 0 spiro atoms. The van der Waals surface area contributed by atoms with Crippen molar-refractivity contribution in [1.82, 2.24) is 30.3 Å². The number of hydrogen-bond donors (Lipinski definition) is 2. The van der Waals surface area contributed by atoms with Crippen molar-refractivity contribution in [2.45, 2.75) is 26.2 Å². The van der Waals surface area contributed by atoms with E-state index in [1.807, 2.05) is 18.6 Å². The van der Waals surface area contributed by atoms with Gasteiger partial charge in [-0.25, -0.2) is 4.98 Å². The maximum absolute atomic E-state index is 6.68. The fourth-order valence-electron chi connectivity index (χ4n) is 6.45. The molecule has 222 valence electrons. The highest BCUT2D eigenvalue weighted by molar-refractivity contribution is 5.88. The van der Waals surface area contributed by atoms with Crippen LogP contribution < -0.4 is 9.64 Å². The lowest BCUT2D eigenvalue weighted by atomic mass is 9.97. The van der Waals surface area contributed by atoms with Crippen LogP contribution in [0.5, 0.6) is 11.5 Å². The first-order valence-electron chi connectivity index (χ1n) is 15.5. The maximum atomic E-state index is 6.68. The predicted octanol–water partition coefficient (Wildman–Crippen LogP) is 7.22. The number of unbranched alkanes of at least 4 members (excludes halogenated alkanes) is 2. The Labute approximate surface area is 255 Å². The van der Waals surface area contributed by atoms with Crippen LogP contribution in [0.3, 0.4) is 0 Å². The first kappa shape index (κ1) is 26.9. The van der Waals surface area contributed by atoms with Gasteiger partial charge < -0.3 is 14.4 Å². The van der Waals surface area contributed by atoms with E-state index in [9.17, 15) is 0 Å². The molecule has 0 saturated carbocycles. The van der Waals surface area contributed by atoms with Crippen molar-refractivity contribution in [3.8, 4) is 33.8 Å². The van der Waals surface area contributed by atoms with Crippen molar-refractivity contribution in [3.63, 3.8) is 0 Å². The molecule has 2 N–H and O–H groups in total. The molecule has 3 aromatic carbocycles. The number of rotatable bonds is 8. The summed E-state index contributed by atoms with van der Waals surface area (Å²) in [6.45, 7) is 7.96. The average molecular weight is 586 g/mol. The molecule has 0 atom stereocenters. The molecule has 6 aromatic rings. The SMILES string of the molecule is Cc1cc2c(cc1-c1ccc3[nH]ncc3c1)Oc1cc(-c3ccc4[nH]ncc4c3)cnc1N2CCCCCN1CCOCC1. The van der Waals surface area contributed by atoms with Gasteiger partial charge in [-0.1, -0.05) is 18.6 Å². The summed E-state index contributed by atoms with van der Waals surface area (Å²) in [5.41, 5.74) is 8.69. The van der Waals surface area contributed by atoms with E-state index in [-0.39, 0.29) is 0 Å². The van der Waals surface area contributed by atoms with Crippen LogP contribution in [0.25, 0.3) is 44.1 Å². The Hall–Kier alpha value is -4.73. The van der Waals surface area contributed by atoms with Gasteiger partial charge in [0.2, 0.25) is 0 Å². The summed E-state index contributed by atoms with van der Waals surface area (Å²) in [6.07, 6.45) is 9.09. The highest BCUT2D eigenvalue weighted by atomic mass is 16.5. The quantitative estimate of drug-likeness (QED) is 0.182. The molecule has 2 aliphatic rings. The lowest BCUT2D eigenvalue weighted by molar-refractivity contribution is 0.0371. The summed E-state index contributed by atoms with van der Waals surface area (Å²) in [6, 6.07) is 19.3. The molecule has 3 aromatic heterocycles. The number of anilines is 2. The Kier molecular flexibility index (Phi) is 6.96. The Bertz CT molecular complexity index is 1960. The van der Waals surface area contributed by atoms with E-state index < -0.39 is 0 Å². The number of aromatic amines is 2. The number of morpholine rings is 1. The largest absolute Gasteiger partial charge is 0.451 e.